The number of benzene rings is 1. The fourth-order valence-electron chi connectivity index (χ4n) is 1.66. The van der Waals surface area contributed by atoms with E-state index in [0.29, 0.717) is 5.92 Å². The van der Waals surface area contributed by atoms with Crippen LogP contribution >= 0.6 is 0 Å². The number of aliphatic hydroxyl groups excluding tert-OH is 1. The van der Waals surface area contributed by atoms with Gasteiger partial charge >= 0.3 is 0 Å². The Kier molecular flexibility index (Phi) is 7.65. The van der Waals surface area contributed by atoms with Crippen molar-refractivity contribution in [1.29, 1.82) is 0 Å². The molecule has 0 radical (unpaired) electrons. The van der Waals surface area contributed by atoms with Crippen LogP contribution in [-0.4, -0.2) is 5.11 Å². The Bertz CT molecular complexity index is 239. The van der Waals surface area contributed by atoms with Gasteiger partial charge in [-0.25, -0.2) is 0 Å². The molecule has 0 bridgehead atoms. The van der Waals surface area contributed by atoms with Gasteiger partial charge in [0.1, 0.15) is 0 Å². The summed E-state index contributed by atoms with van der Waals surface area (Å²) in [6.45, 7) is 10.3. The predicted molar refractivity (Wildman–Crippen MR) is 66.7 cm³/mol. The van der Waals surface area contributed by atoms with Gasteiger partial charge in [0, 0.05) is 0 Å². The molecule has 1 atom stereocenters. The first-order chi connectivity index (χ1) is 7.29. The average Bonchev–Trinajstić information content (AvgIpc) is 2.34. The molecular formula is C14H22O. The maximum Gasteiger partial charge on any atom is 0.0817 e. The van der Waals surface area contributed by atoms with Gasteiger partial charge in [0.15, 0.2) is 0 Å². The first-order valence-electron chi connectivity index (χ1n) is 5.52. The van der Waals surface area contributed by atoms with Gasteiger partial charge < -0.3 is 5.11 Å². The van der Waals surface area contributed by atoms with Crippen molar-refractivity contribution in [2.75, 3.05) is 0 Å². The summed E-state index contributed by atoms with van der Waals surface area (Å²) in [5.41, 5.74) is 1.04. The van der Waals surface area contributed by atoms with Crippen molar-refractivity contribution in [3.8, 4) is 0 Å². The van der Waals surface area contributed by atoms with Crippen LogP contribution in [0.5, 0.6) is 0 Å². The molecule has 0 aliphatic heterocycles. The third kappa shape index (κ3) is 4.30. The lowest BCUT2D eigenvalue weighted by Crippen LogP contribution is -2.10. The summed E-state index contributed by atoms with van der Waals surface area (Å²) in [7, 11) is 0. The molecule has 0 spiro atoms. The summed E-state index contributed by atoms with van der Waals surface area (Å²) < 4.78 is 0. The van der Waals surface area contributed by atoms with Crippen molar-refractivity contribution in [2.24, 2.45) is 5.92 Å². The second-order valence-corrected chi connectivity index (χ2v) is 3.43. The maximum absolute atomic E-state index is 9.98. The molecule has 84 valence electrons. The zero-order valence-electron chi connectivity index (χ0n) is 9.82. The van der Waals surface area contributed by atoms with E-state index in [1.807, 2.05) is 30.3 Å². The molecule has 1 N–H and O–H groups in total. The van der Waals surface area contributed by atoms with E-state index in [2.05, 4.69) is 27.0 Å². The first-order valence-corrected chi connectivity index (χ1v) is 5.52. The van der Waals surface area contributed by atoms with Gasteiger partial charge in [-0.1, -0.05) is 57.0 Å². The van der Waals surface area contributed by atoms with Crippen LogP contribution < -0.4 is 0 Å². The SMILES string of the molecule is C=C.CCC(CC)[C@@H](O)c1ccccc1. The molecule has 1 aromatic rings. The third-order valence-electron chi connectivity index (χ3n) is 2.64. The lowest BCUT2D eigenvalue weighted by molar-refractivity contribution is 0.103. The fourth-order valence-corrected chi connectivity index (χ4v) is 1.66. The van der Waals surface area contributed by atoms with Gasteiger partial charge in [-0.3, -0.25) is 0 Å². The monoisotopic (exact) mass is 206 g/mol. The molecule has 0 saturated carbocycles. The van der Waals surface area contributed by atoms with Gasteiger partial charge in [0.2, 0.25) is 0 Å². The molecule has 1 nitrogen and oxygen atoms in total. The second kappa shape index (κ2) is 8.25. The Morgan fingerprint density at radius 2 is 1.53 bits per heavy atom. The summed E-state index contributed by atoms with van der Waals surface area (Å²) in [6.07, 6.45) is 1.77. The number of hydrogen-bond donors (Lipinski definition) is 1. The highest BCUT2D eigenvalue weighted by Crippen LogP contribution is 2.26. The minimum absolute atomic E-state index is 0.295. The zero-order valence-corrected chi connectivity index (χ0v) is 9.82. The molecule has 0 amide bonds. The molecule has 1 aromatic carbocycles. The van der Waals surface area contributed by atoms with E-state index >= 15 is 0 Å². The lowest BCUT2D eigenvalue weighted by Gasteiger charge is -2.20. The quantitative estimate of drug-likeness (QED) is 0.739. The van der Waals surface area contributed by atoms with Crippen LogP contribution in [0.4, 0.5) is 0 Å². The fraction of sp³-hybridized carbons (Fsp3) is 0.429. The van der Waals surface area contributed by atoms with Crippen LogP contribution in [0, 0.1) is 5.92 Å². The smallest absolute Gasteiger partial charge is 0.0817 e. The topological polar surface area (TPSA) is 20.2 Å². The Balaban J connectivity index is 0.000000921. The molecule has 0 fully saturated rings. The van der Waals surface area contributed by atoms with E-state index in [1.54, 1.807) is 0 Å². The van der Waals surface area contributed by atoms with E-state index in [-0.39, 0.29) is 6.10 Å². The van der Waals surface area contributed by atoms with Gasteiger partial charge in [-0.2, -0.15) is 0 Å². The van der Waals surface area contributed by atoms with Gasteiger partial charge in [0.25, 0.3) is 0 Å². The van der Waals surface area contributed by atoms with Gasteiger partial charge in [-0.05, 0) is 11.5 Å². The molecule has 0 saturated heterocycles. The number of rotatable bonds is 4. The summed E-state index contributed by atoms with van der Waals surface area (Å²) >= 11 is 0. The van der Waals surface area contributed by atoms with E-state index in [1.165, 1.54) is 0 Å². The van der Waals surface area contributed by atoms with Crippen molar-refractivity contribution in [2.45, 2.75) is 32.8 Å². The normalized spacial score (nSPS) is 11.7. The molecule has 0 heterocycles. The predicted octanol–water partition coefficient (Wildman–Crippen LogP) is 3.96. The molecule has 0 aromatic heterocycles. The number of aliphatic hydroxyl groups is 1. The Morgan fingerprint density at radius 1 is 1.07 bits per heavy atom. The Morgan fingerprint density at radius 3 is 1.93 bits per heavy atom. The van der Waals surface area contributed by atoms with Crippen molar-refractivity contribution in [3.63, 3.8) is 0 Å². The van der Waals surface area contributed by atoms with Crippen molar-refractivity contribution < 1.29 is 5.11 Å². The Labute approximate surface area is 93.5 Å². The highest BCUT2D eigenvalue weighted by Gasteiger charge is 2.16. The van der Waals surface area contributed by atoms with E-state index < -0.39 is 0 Å². The molecule has 0 unspecified atom stereocenters. The summed E-state index contributed by atoms with van der Waals surface area (Å²) in [5, 5.41) is 9.98. The average molecular weight is 206 g/mol. The summed E-state index contributed by atoms with van der Waals surface area (Å²) in [4.78, 5) is 0. The summed E-state index contributed by atoms with van der Waals surface area (Å²) in [6, 6.07) is 9.90. The van der Waals surface area contributed by atoms with Gasteiger partial charge in [0.05, 0.1) is 6.10 Å². The number of hydrogen-bond acceptors (Lipinski definition) is 1. The van der Waals surface area contributed by atoms with Crippen molar-refractivity contribution in [1.82, 2.24) is 0 Å². The highest BCUT2D eigenvalue weighted by molar-refractivity contribution is 5.17. The second-order valence-electron chi connectivity index (χ2n) is 3.43. The van der Waals surface area contributed by atoms with E-state index in [9.17, 15) is 5.11 Å². The molecule has 1 heteroatoms. The summed E-state index contributed by atoms with van der Waals surface area (Å²) in [5.74, 6) is 0.391. The van der Waals surface area contributed by atoms with Crippen LogP contribution in [0.15, 0.2) is 43.5 Å². The molecule has 15 heavy (non-hydrogen) atoms. The van der Waals surface area contributed by atoms with Crippen LogP contribution in [-0.2, 0) is 0 Å². The minimum Gasteiger partial charge on any atom is -0.388 e. The lowest BCUT2D eigenvalue weighted by atomic mass is 9.91. The largest absolute Gasteiger partial charge is 0.388 e. The van der Waals surface area contributed by atoms with Crippen LogP contribution in [0.3, 0.4) is 0 Å². The molecule has 0 aliphatic rings. The first kappa shape index (κ1) is 13.9. The maximum atomic E-state index is 9.98. The zero-order chi connectivity index (χ0) is 11.7. The third-order valence-corrected chi connectivity index (χ3v) is 2.64. The van der Waals surface area contributed by atoms with Crippen LogP contribution in [0.25, 0.3) is 0 Å². The van der Waals surface area contributed by atoms with Crippen molar-refractivity contribution >= 4 is 0 Å². The highest BCUT2D eigenvalue weighted by atomic mass is 16.3. The van der Waals surface area contributed by atoms with Crippen LogP contribution in [0.1, 0.15) is 38.4 Å². The van der Waals surface area contributed by atoms with Crippen molar-refractivity contribution in [3.05, 3.63) is 49.1 Å². The molecule has 1 rings (SSSR count). The van der Waals surface area contributed by atoms with Gasteiger partial charge in [-0.15, -0.1) is 13.2 Å². The van der Waals surface area contributed by atoms with E-state index in [4.69, 9.17) is 0 Å². The van der Waals surface area contributed by atoms with E-state index in [0.717, 1.165) is 18.4 Å². The minimum atomic E-state index is -0.295. The standard InChI is InChI=1S/C12H18O.C2H4/c1-3-10(4-2)12(13)11-8-6-5-7-9-11;1-2/h5-10,12-13H,3-4H2,1-2H3;1-2H2/t12-;/m1./s1. The Hall–Kier alpha value is -1.08. The molecule has 0 aliphatic carbocycles. The van der Waals surface area contributed by atoms with Crippen LogP contribution in [0.2, 0.25) is 0 Å². The molecular weight excluding hydrogens is 184 g/mol.